The Morgan fingerprint density at radius 2 is 1.89 bits per heavy atom. The Labute approximate surface area is 113 Å². The molecule has 4 nitrogen and oxygen atoms in total. The van der Waals surface area contributed by atoms with Gasteiger partial charge in [0.1, 0.15) is 11.6 Å². The summed E-state index contributed by atoms with van der Waals surface area (Å²) >= 11 is 0. The summed E-state index contributed by atoms with van der Waals surface area (Å²) in [6.45, 7) is 3.87. The van der Waals surface area contributed by atoms with Crippen LogP contribution < -0.4 is 5.32 Å². The van der Waals surface area contributed by atoms with E-state index in [0.717, 1.165) is 23.8 Å². The highest BCUT2D eigenvalue weighted by Crippen LogP contribution is 2.10. The molecule has 0 spiro atoms. The number of nitrogens with zero attached hydrogens (tertiary/aromatic N) is 2. The molecule has 0 saturated heterocycles. The summed E-state index contributed by atoms with van der Waals surface area (Å²) in [4.78, 5) is 8.57. The van der Waals surface area contributed by atoms with Crippen LogP contribution in [0.5, 0.6) is 0 Å². The molecule has 1 atom stereocenters. The highest BCUT2D eigenvalue weighted by atomic mass is 16.3. The van der Waals surface area contributed by atoms with Crippen LogP contribution in [-0.2, 0) is 6.42 Å². The number of anilines is 1. The first-order valence-electron chi connectivity index (χ1n) is 6.41. The second-order valence-corrected chi connectivity index (χ2v) is 4.66. The van der Waals surface area contributed by atoms with E-state index in [1.54, 1.807) is 0 Å². The highest BCUT2D eigenvalue weighted by molar-refractivity contribution is 5.37. The molecule has 19 heavy (non-hydrogen) atoms. The fraction of sp³-hybridized carbons (Fsp3) is 0.333. The van der Waals surface area contributed by atoms with Gasteiger partial charge in [-0.25, -0.2) is 9.97 Å². The van der Waals surface area contributed by atoms with Gasteiger partial charge in [-0.1, -0.05) is 30.3 Å². The van der Waals surface area contributed by atoms with Crippen molar-refractivity contribution < 1.29 is 5.11 Å². The summed E-state index contributed by atoms with van der Waals surface area (Å²) < 4.78 is 0. The van der Waals surface area contributed by atoms with Crippen LogP contribution in [0.4, 0.5) is 5.82 Å². The van der Waals surface area contributed by atoms with Crippen LogP contribution in [0.3, 0.4) is 0 Å². The van der Waals surface area contributed by atoms with E-state index >= 15 is 0 Å². The summed E-state index contributed by atoms with van der Waals surface area (Å²) in [7, 11) is 0. The first-order chi connectivity index (χ1) is 9.17. The molecule has 0 radical (unpaired) electrons. The molecule has 1 heterocycles. The van der Waals surface area contributed by atoms with Crippen molar-refractivity contribution in [3.8, 4) is 0 Å². The van der Waals surface area contributed by atoms with Gasteiger partial charge in [0.15, 0.2) is 0 Å². The average molecular weight is 257 g/mol. The maximum atomic E-state index is 9.48. The summed E-state index contributed by atoms with van der Waals surface area (Å²) in [6, 6.07) is 12.0. The van der Waals surface area contributed by atoms with E-state index in [1.807, 2.05) is 38.1 Å². The van der Waals surface area contributed by atoms with E-state index < -0.39 is 0 Å². The molecule has 2 N–H and O–H groups in total. The molecule has 0 saturated carbocycles. The molecular weight excluding hydrogens is 238 g/mol. The van der Waals surface area contributed by atoms with Gasteiger partial charge in [0.25, 0.3) is 0 Å². The van der Waals surface area contributed by atoms with Crippen LogP contribution in [0.25, 0.3) is 0 Å². The van der Waals surface area contributed by atoms with Crippen LogP contribution >= 0.6 is 0 Å². The highest BCUT2D eigenvalue weighted by Gasteiger charge is 2.09. The molecule has 0 fully saturated rings. The van der Waals surface area contributed by atoms with Gasteiger partial charge in [-0.05, 0) is 25.8 Å². The van der Waals surface area contributed by atoms with Gasteiger partial charge in [0.05, 0.1) is 12.6 Å². The SMILES string of the molecule is Cc1cc(NC(CO)Cc2ccccc2)nc(C)n1. The van der Waals surface area contributed by atoms with Crippen molar-refractivity contribution in [3.63, 3.8) is 0 Å². The summed E-state index contributed by atoms with van der Waals surface area (Å²) in [5.74, 6) is 1.50. The molecule has 0 amide bonds. The molecule has 0 aliphatic rings. The van der Waals surface area contributed by atoms with Crippen molar-refractivity contribution in [2.45, 2.75) is 26.3 Å². The van der Waals surface area contributed by atoms with E-state index in [-0.39, 0.29) is 12.6 Å². The van der Waals surface area contributed by atoms with Crippen molar-refractivity contribution in [2.75, 3.05) is 11.9 Å². The van der Waals surface area contributed by atoms with E-state index in [2.05, 4.69) is 27.4 Å². The van der Waals surface area contributed by atoms with E-state index in [0.29, 0.717) is 0 Å². The number of rotatable bonds is 5. The Kier molecular flexibility index (Phi) is 4.47. The quantitative estimate of drug-likeness (QED) is 0.861. The van der Waals surface area contributed by atoms with Crippen LogP contribution in [0.15, 0.2) is 36.4 Å². The normalized spacial score (nSPS) is 12.2. The van der Waals surface area contributed by atoms with Crippen LogP contribution in [0.1, 0.15) is 17.1 Å². The topological polar surface area (TPSA) is 58.0 Å². The molecule has 2 aromatic rings. The van der Waals surface area contributed by atoms with Crippen molar-refractivity contribution in [2.24, 2.45) is 0 Å². The standard InChI is InChI=1S/C15H19N3O/c1-11-8-15(17-12(2)16-11)18-14(10-19)9-13-6-4-3-5-7-13/h3-8,14,19H,9-10H2,1-2H3,(H,16,17,18). The predicted molar refractivity (Wildman–Crippen MR) is 76.1 cm³/mol. The second-order valence-electron chi connectivity index (χ2n) is 4.66. The zero-order chi connectivity index (χ0) is 13.7. The maximum Gasteiger partial charge on any atom is 0.130 e. The number of aliphatic hydroxyl groups excluding tert-OH is 1. The molecular formula is C15H19N3O. The molecule has 1 aromatic carbocycles. The van der Waals surface area contributed by atoms with Gasteiger partial charge < -0.3 is 10.4 Å². The number of nitrogens with one attached hydrogen (secondary N) is 1. The zero-order valence-corrected chi connectivity index (χ0v) is 11.3. The molecule has 1 aromatic heterocycles. The lowest BCUT2D eigenvalue weighted by atomic mass is 10.1. The Bertz CT molecular complexity index is 508. The molecule has 2 rings (SSSR count). The van der Waals surface area contributed by atoms with E-state index in [1.165, 1.54) is 5.56 Å². The van der Waals surface area contributed by atoms with Crippen LogP contribution in [-0.4, -0.2) is 27.7 Å². The number of aliphatic hydroxyl groups is 1. The molecule has 0 aliphatic carbocycles. The molecule has 4 heteroatoms. The average Bonchev–Trinajstić information content (AvgIpc) is 2.38. The third-order valence-electron chi connectivity index (χ3n) is 2.86. The first-order valence-corrected chi connectivity index (χ1v) is 6.41. The maximum absolute atomic E-state index is 9.48. The number of aromatic nitrogens is 2. The Morgan fingerprint density at radius 3 is 2.53 bits per heavy atom. The largest absolute Gasteiger partial charge is 0.394 e. The number of hydrogen-bond donors (Lipinski definition) is 2. The number of hydrogen-bond acceptors (Lipinski definition) is 4. The van der Waals surface area contributed by atoms with Crippen molar-refractivity contribution >= 4 is 5.82 Å². The molecule has 100 valence electrons. The van der Waals surface area contributed by atoms with Gasteiger partial charge in [-0.3, -0.25) is 0 Å². The van der Waals surface area contributed by atoms with Crippen LogP contribution in [0, 0.1) is 13.8 Å². The Hall–Kier alpha value is -1.94. The monoisotopic (exact) mass is 257 g/mol. The van der Waals surface area contributed by atoms with E-state index in [9.17, 15) is 5.11 Å². The molecule has 0 bridgehead atoms. The third-order valence-corrected chi connectivity index (χ3v) is 2.86. The first kappa shape index (κ1) is 13.5. The fourth-order valence-electron chi connectivity index (χ4n) is 2.06. The van der Waals surface area contributed by atoms with Crippen molar-refractivity contribution in [1.82, 2.24) is 9.97 Å². The lowest BCUT2D eigenvalue weighted by Crippen LogP contribution is -2.27. The van der Waals surface area contributed by atoms with Crippen LogP contribution in [0.2, 0.25) is 0 Å². The Balaban J connectivity index is 2.06. The summed E-state index contributed by atoms with van der Waals surface area (Å²) in [5.41, 5.74) is 2.11. The minimum absolute atomic E-state index is 0.0453. The summed E-state index contributed by atoms with van der Waals surface area (Å²) in [5, 5.41) is 12.7. The zero-order valence-electron chi connectivity index (χ0n) is 11.3. The minimum Gasteiger partial charge on any atom is -0.394 e. The second kappa shape index (κ2) is 6.29. The van der Waals surface area contributed by atoms with Gasteiger partial charge in [0, 0.05) is 11.8 Å². The van der Waals surface area contributed by atoms with Gasteiger partial charge >= 0.3 is 0 Å². The molecule has 1 unspecified atom stereocenters. The molecule has 0 aliphatic heterocycles. The van der Waals surface area contributed by atoms with Gasteiger partial charge in [-0.15, -0.1) is 0 Å². The van der Waals surface area contributed by atoms with Gasteiger partial charge in [-0.2, -0.15) is 0 Å². The van der Waals surface area contributed by atoms with Crippen molar-refractivity contribution in [3.05, 3.63) is 53.5 Å². The number of benzene rings is 1. The van der Waals surface area contributed by atoms with Crippen molar-refractivity contribution in [1.29, 1.82) is 0 Å². The third kappa shape index (κ3) is 4.03. The smallest absolute Gasteiger partial charge is 0.130 e. The van der Waals surface area contributed by atoms with E-state index in [4.69, 9.17) is 0 Å². The Morgan fingerprint density at radius 1 is 1.16 bits per heavy atom. The van der Waals surface area contributed by atoms with Gasteiger partial charge in [0.2, 0.25) is 0 Å². The minimum atomic E-state index is -0.0453. The lowest BCUT2D eigenvalue weighted by molar-refractivity contribution is 0.273. The summed E-state index contributed by atoms with van der Waals surface area (Å²) in [6.07, 6.45) is 0.763. The fourth-order valence-corrected chi connectivity index (χ4v) is 2.06. The predicted octanol–water partition coefficient (Wildman–Crippen LogP) is 2.11. The number of aryl methyl sites for hydroxylation is 2. The lowest BCUT2D eigenvalue weighted by Gasteiger charge is -2.17.